The van der Waals surface area contributed by atoms with Crippen LogP contribution in [0, 0.1) is 5.92 Å². The Bertz CT molecular complexity index is 1110. The maximum atomic E-state index is 12.5. The molecule has 1 amide bonds. The first-order valence-corrected chi connectivity index (χ1v) is 13.2. The molecule has 6 atom stereocenters. The molecule has 1 saturated heterocycles. The van der Waals surface area contributed by atoms with Crippen LogP contribution >= 0.6 is 0 Å². The topological polar surface area (TPSA) is 111 Å². The van der Waals surface area contributed by atoms with Gasteiger partial charge in [-0.2, -0.15) is 0 Å². The number of rotatable bonds is 7. The molecule has 0 bridgehead atoms. The van der Waals surface area contributed by atoms with E-state index < -0.39 is 12.1 Å². The predicted molar refractivity (Wildman–Crippen MR) is 143 cm³/mol. The largest absolute Gasteiger partial charge is 0.496 e. The summed E-state index contributed by atoms with van der Waals surface area (Å²) in [6, 6.07) is 16.3. The molecule has 6 unspecified atom stereocenters. The van der Waals surface area contributed by atoms with Crippen molar-refractivity contribution in [3.05, 3.63) is 59.2 Å². The summed E-state index contributed by atoms with van der Waals surface area (Å²) in [5.74, 6) is 0.553. The number of carbonyl (C=O) groups is 2. The van der Waals surface area contributed by atoms with E-state index in [1.165, 1.54) is 24.5 Å². The van der Waals surface area contributed by atoms with E-state index >= 15 is 0 Å². The van der Waals surface area contributed by atoms with Crippen LogP contribution in [-0.4, -0.2) is 54.4 Å². The number of methoxy groups -OCH3 is 1. The third-order valence-corrected chi connectivity index (χ3v) is 7.84. The maximum absolute atomic E-state index is 12.5. The Balaban J connectivity index is 0.000000480. The van der Waals surface area contributed by atoms with Crippen molar-refractivity contribution in [3.8, 4) is 5.75 Å². The van der Waals surface area contributed by atoms with Crippen LogP contribution in [0.3, 0.4) is 0 Å². The number of anilines is 1. The predicted octanol–water partition coefficient (Wildman–Crippen LogP) is 3.59. The van der Waals surface area contributed by atoms with Crippen molar-refractivity contribution in [2.24, 2.45) is 5.92 Å². The van der Waals surface area contributed by atoms with Crippen LogP contribution in [0.15, 0.2) is 42.5 Å². The number of hydrogen-bond donors (Lipinski definition) is 4. The SMILES string of the molecule is CC(O)C(=O)O.CCC1CCC(NCc2cc3c(cc2OC)C2CC2C(=O)N3C)C(c2ccccc2)N1. The van der Waals surface area contributed by atoms with Crippen LogP contribution in [0.1, 0.15) is 68.2 Å². The van der Waals surface area contributed by atoms with Crippen LogP contribution in [0.5, 0.6) is 5.75 Å². The van der Waals surface area contributed by atoms with Crippen LogP contribution in [0.4, 0.5) is 5.69 Å². The highest BCUT2D eigenvalue weighted by atomic mass is 16.5. The Labute approximate surface area is 219 Å². The molecule has 37 heavy (non-hydrogen) atoms. The van der Waals surface area contributed by atoms with Gasteiger partial charge in [-0.25, -0.2) is 4.79 Å². The molecular weight excluding hydrogens is 470 g/mol. The fraction of sp³-hybridized carbons (Fsp3) is 0.517. The summed E-state index contributed by atoms with van der Waals surface area (Å²) in [7, 11) is 3.65. The van der Waals surface area contributed by atoms with Gasteiger partial charge in [0.15, 0.2) is 0 Å². The van der Waals surface area contributed by atoms with Gasteiger partial charge < -0.3 is 30.5 Å². The van der Waals surface area contributed by atoms with Crippen molar-refractivity contribution < 1.29 is 24.5 Å². The van der Waals surface area contributed by atoms with E-state index in [0.29, 0.717) is 24.0 Å². The van der Waals surface area contributed by atoms with Crippen molar-refractivity contribution in [3.63, 3.8) is 0 Å². The molecule has 8 nitrogen and oxygen atoms in total. The molecule has 4 N–H and O–H groups in total. The number of hydrogen-bond acceptors (Lipinski definition) is 6. The smallest absolute Gasteiger partial charge is 0.332 e. The number of ether oxygens (including phenoxy) is 1. The minimum Gasteiger partial charge on any atom is -0.496 e. The summed E-state index contributed by atoms with van der Waals surface area (Å²) in [6.07, 6.45) is 3.21. The lowest BCUT2D eigenvalue weighted by Gasteiger charge is -2.38. The number of carboxylic acids is 1. The van der Waals surface area contributed by atoms with E-state index in [1.807, 2.05) is 11.9 Å². The number of aliphatic hydroxyl groups excluding tert-OH is 1. The van der Waals surface area contributed by atoms with E-state index in [0.717, 1.165) is 42.8 Å². The number of piperidine rings is 1. The highest BCUT2D eigenvalue weighted by molar-refractivity contribution is 6.01. The average molecular weight is 510 g/mol. The standard InChI is InChI=1S/C26H33N3O2.C3H6O3/c1-4-18-10-11-22(25(28-18)16-8-6-5-7-9-16)27-15-17-12-23-20(14-24(17)31-3)19-13-21(19)26(30)29(23)2;1-2(4)3(5)6/h5-9,12,14,18-19,21-22,25,27-28H,4,10-11,13,15H2,1-3H3;2,4H,1H3,(H,5,6). The molecule has 2 fully saturated rings. The minimum absolute atomic E-state index is 0.178. The van der Waals surface area contributed by atoms with Gasteiger partial charge in [-0.1, -0.05) is 37.3 Å². The molecule has 0 aromatic heterocycles. The fourth-order valence-electron chi connectivity index (χ4n) is 5.49. The Morgan fingerprint density at radius 3 is 2.54 bits per heavy atom. The zero-order valence-electron chi connectivity index (χ0n) is 22.1. The first-order valence-electron chi connectivity index (χ1n) is 13.2. The van der Waals surface area contributed by atoms with Crippen LogP contribution in [0.2, 0.25) is 0 Å². The molecular formula is C29H39N3O5. The Morgan fingerprint density at radius 1 is 1.22 bits per heavy atom. The summed E-state index contributed by atoms with van der Waals surface area (Å²) in [4.78, 5) is 23.8. The molecule has 8 heteroatoms. The highest BCUT2D eigenvalue weighted by Gasteiger charge is 2.50. The van der Waals surface area contributed by atoms with Gasteiger partial charge in [0.05, 0.1) is 7.11 Å². The first-order chi connectivity index (χ1) is 17.7. The molecule has 1 saturated carbocycles. The fourth-order valence-corrected chi connectivity index (χ4v) is 5.49. The van der Waals surface area contributed by atoms with Crippen LogP contribution < -0.4 is 20.3 Å². The van der Waals surface area contributed by atoms with Crippen LogP contribution in [-0.2, 0) is 16.1 Å². The summed E-state index contributed by atoms with van der Waals surface area (Å²) < 4.78 is 5.77. The lowest BCUT2D eigenvalue weighted by molar-refractivity contribution is -0.145. The third kappa shape index (κ3) is 5.98. The number of carboxylic acid groups (broad SMARTS) is 1. The third-order valence-electron chi connectivity index (χ3n) is 7.84. The minimum atomic E-state index is -1.23. The molecule has 0 radical (unpaired) electrons. The monoisotopic (exact) mass is 509 g/mol. The Morgan fingerprint density at radius 2 is 1.92 bits per heavy atom. The molecule has 2 aliphatic heterocycles. The second kappa shape index (κ2) is 11.6. The summed E-state index contributed by atoms with van der Waals surface area (Å²) in [5.41, 5.74) is 4.76. The van der Waals surface area contributed by atoms with Crippen molar-refractivity contribution in [2.45, 2.75) is 76.2 Å². The zero-order valence-corrected chi connectivity index (χ0v) is 22.1. The number of amides is 1. The average Bonchev–Trinajstić information content (AvgIpc) is 3.72. The molecule has 2 heterocycles. The number of nitrogens with one attached hydrogen (secondary N) is 2. The normalized spacial score (nSPS) is 26.8. The molecule has 1 aliphatic carbocycles. The molecule has 2 aromatic rings. The number of carbonyl (C=O) groups excluding carboxylic acids is 1. The zero-order chi connectivity index (χ0) is 26.7. The lowest BCUT2D eigenvalue weighted by atomic mass is 9.88. The highest BCUT2D eigenvalue weighted by Crippen LogP contribution is 2.56. The van der Waals surface area contributed by atoms with E-state index in [2.05, 4.69) is 60.0 Å². The number of benzene rings is 2. The van der Waals surface area contributed by atoms with Crippen molar-refractivity contribution in [1.29, 1.82) is 0 Å². The van der Waals surface area contributed by atoms with Gasteiger partial charge in [-0.05, 0) is 61.8 Å². The molecule has 200 valence electrons. The van der Waals surface area contributed by atoms with Gasteiger partial charge in [0.25, 0.3) is 0 Å². The number of fused-ring (bicyclic) bond motifs is 3. The number of nitrogens with zero attached hydrogens (tertiary/aromatic N) is 1. The summed E-state index contributed by atoms with van der Waals surface area (Å²) >= 11 is 0. The molecule has 3 aliphatic rings. The van der Waals surface area contributed by atoms with E-state index in [1.54, 1.807) is 7.11 Å². The Hall–Kier alpha value is -2.94. The van der Waals surface area contributed by atoms with E-state index in [-0.39, 0.29) is 11.8 Å². The first kappa shape index (κ1) is 27.1. The molecule has 5 rings (SSSR count). The maximum Gasteiger partial charge on any atom is 0.332 e. The van der Waals surface area contributed by atoms with Gasteiger partial charge in [0, 0.05) is 48.9 Å². The second-order valence-electron chi connectivity index (χ2n) is 10.3. The van der Waals surface area contributed by atoms with Gasteiger partial charge in [-0.3, -0.25) is 4.79 Å². The van der Waals surface area contributed by atoms with Crippen molar-refractivity contribution in [1.82, 2.24) is 10.6 Å². The van der Waals surface area contributed by atoms with E-state index in [4.69, 9.17) is 14.9 Å². The number of aliphatic carboxylic acids is 1. The lowest BCUT2D eigenvalue weighted by Crippen LogP contribution is -2.49. The molecule has 2 aromatic carbocycles. The Kier molecular flexibility index (Phi) is 8.52. The van der Waals surface area contributed by atoms with Gasteiger partial charge in [-0.15, -0.1) is 0 Å². The van der Waals surface area contributed by atoms with Crippen molar-refractivity contribution in [2.75, 3.05) is 19.1 Å². The summed E-state index contributed by atoms with van der Waals surface area (Å²) in [6.45, 7) is 4.18. The van der Waals surface area contributed by atoms with Crippen molar-refractivity contribution >= 4 is 17.6 Å². The van der Waals surface area contributed by atoms with Crippen LogP contribution in [0.25, 0.3) is 0 Å². The second-order valence-corrected chi connectivity index (χ2v) is 10.3. The van der Waals surface area contributed by atoms with Gasteiger partial charge >= 0.3 is 5.97 Å². The van der Waals surface area contributed by atoms with Gasteiger partial charge in [0.2, 0.25) is 5.91 Å². The summed E-state index contributed by atoms with van der Waals surface area (Å²) in [5, 5.41) is 23.4. The van der Waals surface area contributed by atoms with E-state index in [9.17, 15) is 9.59 Å². The molecule has 0 spiro atoms. The quantitative estimate of drug-likeness (QED) is 0.451. The van der Waals surface area contributed by atoms with Gasteiger partial charge in [0.1, 0.15) is 11.9 Å². The number of aliphatic hydroxyl groups is 1.